The van der Waals surface area contributed by atoms with Crippen molar-refractivity contribution in [2.75, 3.05) is 12.4 Å². The summed E-state index contributed by atoms with van der Waals surface area (Å²) in [5, 5.41) is 16.9. The lowest BCUT2D eigenvalue weighted by Crippen LogP contribution is -2.13. The van der Waals surface area contributed by atoms with Gasteiger partial charge in [-0.2, -0.15) is 5.10 Å². The number of benzene rings is 1. The molecule has 10 heteroatoms. The van der Waals surface area contributed by atoms with Gasteiger partial charge in [0.05, 0.1) is 23.9 Å². The van der Waals surface area contributed by atoms with Crippen LogP contribution in [0.3, 0.4) is 0 Å². The van der Waals surface area contributed by atoms with Gasteiger partial charge in [-0.15, -0.1) is 21.5 Å². The maximum atomic E-state index is 12.8. The second-order valence-electron chi connectivity index (χ2n) is 6.55. The monoisotopic (exact) mass is 449 g/mol. The van der Waals surface area contributed by atoms with E-state index in [9.17, 15) is 9.59 Å². The molecule has 0 aliphatic rings. The first-order valence-electron chi connectivity index (χ1n) is 9.71. The number of ether oxygens (including phenoxy) is 2. The fraction of sp³-hybridized carbons (Fsp3) is 0.136. The topological polar surface area (TPSA) is 108 Å². The summed E-state index contributed by atoms with van der Waals surface area (Å²) in [4.78, 5) is 25.5. The summed E-state index contributed by atoms with van der Waals surface area (Å²) >= 11 is 1.36. The Morgan fingerprint density at radius 1 is 1.09 bits per heavy atom. The van der Waals surface area contributed by atoms with E-state index in [2.05, 4.69) is 20.6 Å². The van der Waals surface area contributed by atoms with Crippen LogP contribution in [0.25, 0.3) is 5.82 Å². The third kappa shape index (κ3) is 4.49. The number of esters is 1. The molecule has 4 aromatic rings. The lowest BCUT2D eigenvalue weighted by molar-refractivity contribution is 0.0733. The van der Waals surface area contributed by atoms with Crippen LogP contribution in [-0.2, 0) is 6.42 Å². The number of rotatable bonds is 7. The molecule has 0 radical (unpaired) electrons. The van der Waals surface area contributed by atoms with Gasteiger partial charge in [0.2, 0.25) is 5.88 Å². The minimum atomic E-state index is -0.537. The second-order valence-corrected chi connectivity index (χ2v) is 7.50. The van der Waals surface area contributed by atoms with Crippen LogP contribution in [0.2, 0.25) is 0 Å². The Hall–Kier alpha value is -4.05. The van der Waals surface area contributed by atoms with Crippen LogP contribution in [0.1, 0.15) is 32.6 Å². The van der Waals surface area contributed by atoms with Crippen molar-refractivity contribution in [3.8, 4) is 17.4 Å². The Morgan fingerprint density at radius 2 is 1.91 bits per heavy atom. The minimum Gasteiger partial charge on any atom is -0.480 e. The molecule has 1 aromatic carbocycles. The van der Waals surface area contributed by atoms with E-state index in [-0.39, 0.29) is 5.91 Å². The molecule has 162 valence electrons. The van der Waals surface area contributed by atoms with Crippen LogP contribution < -0.4 is 14.8 Å². The highest BCUT2D eigenvalue weighted by atomic mass is 32.1. The van der Waals surface area contributed by atoms with Gasteiger partial charge in [-0.3, -0.25) is 4.79 Å². The zero-order chi connectivity index (χ0) is 22.5. The zero-order valence-electron chi connectivity index (χ0n) is 17.3. The number of aromatic nitrogens is 4. The van der Waals surface area contributed by atoms with Crippen LogP contribution in [0.5, 0.6) is 11.6 Å². The Morgan fingerprint density at radius 3 is 2.53 bits per heavy atom. The van der Waals surface area contributed by atoms with Gasteiger partial charge in [-0.1, -0.05) is 13.0 Å². The molecule has 32 heavy (non-hydrogen) atoms. The van der Waals surface area contributed by atoms with Crippen LogP contribution in [-0.4, -0.2) is 39.0 Å². The van der Waals surface area contributed by atoms with E-state index in [1.54, 1.807) is 47.1 Å². The van der Waals surface area contributed by atoms with Gasteiger partial charge in [0.15, 0.2) is 5.82 Å². The van der Waals surface area contributed by atoms with E-state index in [0.717, 1.165) is 0 Å². The van der Waals surface area contributed by atoms with Crippen LogP contribution in [0.4, 0.5) is 5.69 Å². The van der Waals surface area contributed by atoms with E-state index >= 15 is 0 Å². The standard InChI is InChI=1S/C22H19N5O4S/c1-3-17-16(13-23-27(17)19-10-11-20(30-2)26-25-19)22(29)31-15-8-6-14(7-9-15)24-21(28)18-5-4-12-32-18/h4-13H,3H2,1-2H3,(H,24,28). The normalized spacial score (nSPS) is 10.6. The number of nitrogens with zero attached hydrogens (tertiary/aromatic N) is 4. The van der Waals surface area contributed by atoms with Crippen molar-refractivity contribution in [1.82, 2.24) is 20.0 Å². The number of hydrogen-bond acceptors (Lipinski definition) is 8. The maximum absolute atomic E-state index is 12.8. The van der Waals surface area contributed by atoms with Gasteiger partial charge >= 0.3 is 5.97 Å². The molecule has 1 N–H and O–H groups in total. The lowest BCUT2D eigenvalue weighted by Gasteiger charge is -2.08. The van der Waals surface area contributed by atoms with Gasteiger partial charge in [0.1, 0.15) is 11.3 Å². The highest BCUT2D eigenvalue weighted by Gasteiger charge is 2.20. The van der Waals surface area contributed by atoms with Crippen LogP contribution in [0, 0.1) is 0 Å². The quantitative estimate of drug-likeness (QED) is 0.338. The number of hydrogen-bond donors (Lipinski definition) is 1. The van der Waals surface area contributed by atoms with Crippen LogP contribution >= 0.6 is 11.3 Å². The van der Waals surface area contributed by atoms with Gasteiger partial charge in [-0.25, -0.2) is 9.48 Å². The molecule has 0 fully saturated rings. The van der Waals surface area contributed by atoms with Crippen molar-refractivity contribution >= 4 is 28.9 Å². The molecule has 0 unspecified atom stereocenters. The molecular formula is C22H19N5O4S. The Kier molecular flexibility index (Phi) is 6.22. The van der Waals surface area contributed by atoms with Gasteiger partial charge < -0.3 is 14.8 Å². The molecule has 4 rings (SSSR count). The Labute approximate surface area is 187 Å². The first-order valence-corrected chi connectivity index (χ1v) is 10.6. The molecule has 0 bridgehead atoms. The molecule has 9 nitrogen and oxygen atoms in total. The summed E-state index contributed by atoms with van der Waals surface area (Å²) in [7, 11) is 1.51. The predicted octanol–water partition coefficient (Wildman–Crippen LogP) is 3.77. The first kappa shape index (κ1) is 21.2. The van der Waals surface area contributed by atoms with Gasteiger partial charge in [-0.05, 0) is 48.2 Å². The highest BCUT2D eigenvalue weighted by molar-refractivity contribution is 7.12. The molecule has 0 aliphatic heterocycles. The van der Waals surface area contributed by atoms with Crippen molar-refractivity contribution < 1.29 is 19.1 Å². The molecular weight excluding hydrogens is 430 g/mol. The third-order valence-corrected chi connectivity index (χ3v) is 5.41. The average Bonchev–Trinajstić information content (AvgIpc) is 3.50. The number of nitrogens with one attached hydrogen (secondary N) is 1. The molecule has 3 aromatic heterocycles. The fourth-order valence-corrected chi connectivity index (χ4v) is 3.60. The molecule has 0 saturated heterocycles. The van der Waals surface area contributed by atoms with E-state index in [4.69, 9.17) is 9.47 Å². The molecule has 0 aliphatic carbocycles. The SMILES string of the molecule is CCc1c(C(=O)Oc2ccc(NC(=O)c3cccs3)cc2)cnn1-c1ccc(OC)nn1. The van der Waals surface area contributed by atoms with Crippen molar-refractivity contribution in [2.24, 2.45) is 0 Å². The summed E-state index contributed by atoms with van der Waals surface area (Å²) in [6, 6.07) is 13.5. The zero-order valence-corrected chi connectivity index (χ0v) is 18.1. The Bertz CT molecular complexity index is 1220. The summed E-state index contributed by atoms with van der Waals surface area (Å²) < 4.78 is 12.1. The molecule has 0 spiro atoms. The van der Waals surface area contributed by atoms with Crippen LogP contribution in [0.15, 0.2) is 60.1 Å². The van der Waals surface area contributed by atoms with E-state index < -0.39 is 5.97 Å². The lowest BCUT2D eigenvalue weighted by atomic mass is 10.2. The fourth-order valence-electron chi connectivity index (χ4n) is 2.99. The summed E-state index contributed by atoms with van der Waals surface area (Å²) in [5.41, 5.74) is 1.58. The minimum absolute atomic E-state index is 0.189. The number of amides is 1. The van der Waals surface area contributed by atoms with Crippen molar-refractivity contribution in [1.29, 1.82) is 0 Å². The second kappa shape index (κ2) is 9.40. The summed E-state index contributed by atoms with van der Waals surface area (Å²) in [5.74, 6) is 0.473. The van der Waals surface area contributed by atoms with Gasteiger partial charge in [0.25, 0.3) is 5.91 Å². The number of thiophene rings is 1. The number of carbonyl (C=O) groups excluding carboxylic acids is 2. The van der Waals surface area contributed by atoms with Crippen molar-refractivity contribution in [3.63, 3.8) is 0 Å². The Balaban J connectivity index is 1.46. The molecule has 0 atom stereocenters. The first-order chi connectivity index (χ1) is 15.6. The molecule has 0 saturated carbocycles. The summed E-state index contributed by atoms with van der Waals surface area (Å²) in [6.07, 6.45) is 1.98. The smallest absolute Gasteiger partial charge is 0.347 e. The predicted molar refractivity (Wildman–Crippen MR) is 119 cm³/mol. The van der Waals surface area contributed by atoms with Crippen molar-refractivity contribution in [3.05, 3.63) is 76.2 Å². The largest absolute Gasteiger partial charge is 0.480 e. The summed E-state index contributed by atoms with van der Waals surface area (Å²) in [6.45, 7) is 1.91. The van der Waals surface area contributed by atoms with E-state index in [1.165, 1.54) is 24.6 Å². The number of carbonyl (C=O) groups is 2. The molecule has 1 amide bonds. The van der Waals surface area contributed by atoms with E-state index in [0.29, 0.717) is 45.7 Å². The number of anilines is 1. The number of methoxy groups -OCH3 is 1. The van der Waals surface area contributed by atoms with E-state index in [1.807, 2.05) is 18.4 Å². The van der Waals surface area contributed by atoms with Crippen molar-refractivity contribution in [2.45, 2.75) is 13.3 Å². The molecule has 3 heterocycles. The average molecular weight is 449 g/mol. The maximum Gasteiger partial charge on any atom is 0.347 e. The third-order valence-electron chi connectivity index (χ3n) is 4.54. The van der Waals surface area contributed by atoms with Gasteiger partial charge in [0, 0.05) is 11.8 Å². The highest BCUT2D eigenvalue weighted by Crippen LogP contribution is 2.21.